The molecule has 0 radical (unpaired) electrons. The maximum Gasteiger partial charge on any atom is 0.0631 e. The van der Waals surface area contributed by atoms with Gasteiger partial charge in [-0.25, -0.2) is 0 Å². The number of anilines is 1. The predicted molar refractivity (Wildman–Crippen MR) is 66.2 cm³/mol. The fraction of sp³-hybridized carbons (Fsp3) is 0. The molecule has 0 atom stereocenters. The summed E-state index contributed by atoms with van der Waals surface area (Å²) in [6.07, 6.45) is 0. The topological polar surface area (TPSA) is 26.0 Å². The molecule has 2 rings (SSSR count). The Hall–Kier alpha value is 0.0600. The first-order valence-electron chi connectivity index (χ1n) is 3.34. The minimum Gasteiger partial charge on any atom is -0.397 e. The number of hydrogen-bond acceptors (Lipinski definition) is 3. The van der Waals surface area contributed by atoms with E-state index in [4.69, 9.17) is 5.73 Å². The van der Waals surface area contributed by atoms with E-state index in [-0.39, 0.29) is 0 Å². The van der Waals surface area contributed by atoms with E-state index in [0.29, 0.717) is 0 Å². The van der Waals surface area contributed by atoms with Crippen LogP contribution < -0.4 is 5.73 Å². The largest absolute Gasteiger partial charge is 0.397 e. The lowest BCUT2D eigenvalue weighted by molar-refractivity contribution is 1.53. The highest BCUT2D eigenvalue weighted by Gasteiger charge is 2.05. The van der Waals surface area contributed by atoms with Crippen LogP contribution in [0.25, 0.3) is 10.1 Å². The number of hydrogen-bond donors (Lipinski definition) is 2. The molecule has 1 heterocycles. The molecule has 12 heavy (non-hydrogen) atoms. The molecule has 62 valence electrons. The van der Waals surface area contributed by atoms with Gasteiger partial charge in [-0.1, -0.05) is 6.07 Å². The molecule has 2 N–H and O–H groups in total. The molecule has 0 fully saturated rings. The molecule has 1 aromatic heterocycles. The van der Waals surface area contributed by atoms with Crippen LogP contribution in [0, 0.1) is 3.57 Å². The van der Waals surface area contributed by atoms with Crippen molar-refractivity contribution in [1.82, 2.24) is 0 Å². The molecule has 0 amide bonds. The molecule has 1 aromatic carbocycles. The first kappa shape index (κ1) is 8.65. The van der Waals surface area contributed by atoms with Crippen molar-refractivity contribution in [3.05, 3.63) is 21.1 Å². The fourth-order valence-electron chi connectivity index (χ4n) is 1.08. The fourth-order valence-corrected chi connectivity index (χ4v) is 3.24. The zero-order valence-corrected chi connectivity index (χ0v) is 9.91. The van der Waals surface area contributed by atoms with Crippen molar-refractivity contribution in [1.29, 1.82) is 0 Å². The first-order valence-corrected chi connectivity index (χ1v) is 5.75. The molecule has 0 aliphatic rings. The number of thiophene rings is 1. The van der Waals surface area contributed by atoms with E-state index in [1.807, 2.05) is 6.07 Å². The Morgan fingerprint density at radius 3 is 2.92 bits per heavy atom. The maximum absolute atomic E-state index is 5.86. The van der Waals surface area contributed by atoms with Gasteiger partial charge >= 0.3 is 0 Å². The standard InChI is InChI=1S/C8H6INS2/c9-5-3-12-8-4(5)1-2-6(11)7(8)10/h1-3,11H,10H2. The summed E-state index contributed by atoms with van der Waals surface area (Å²) in [4.78, 5) is 0.862. The van der Waals surface area contributed by atoms with Crippen molar-refractivity contribution in [2.24, 2.45) is 0 Å². The van der Waals surface area contributed by atoms with Crippen LogP contribution >= 0.6 is 46.6 Å². The molecule has 0 bridgehead atoms. The van der Waals surface area contributed by atoms with Gasteiger partial charge in [-0.2, -0.15) is 0 Å². The second-order valence-corrected chi connectivity index (χ2v) is 4.98. The van der Waals surface area contributed by atoms with Crippen LogP contribution in [0.5, 0.6) is 0 Å². The molecule has 0 saturated heterocycles. The van der Waals surface area contributed by atoms with E-state index in [1.165, 1.54) is 8.96 Å². The van der Waals surface area contributed by atoms with Crippen LogP contribution in [0.2, 0.25) is 0 Å². The molecular formula is C8H6INS2. The lowest BCUT2D eigenvalue weighted by atomic mass is 10.2. The second kappa shape index (κ2) is 3.08. The smallest absolute Gasteiger partial charge is 0.0631 e. The van der Waals surface area contributed by atoms with E-state index in [1.54, 1.807) is 11.3 Å². The van der Waals surface area contributed by atoms with Gasteiger partial charge in [0.15, 0.2) is 0 Å². The summed E-state index contributed by atoms with van der Waals surface area (Å²) in [7, 11) is 0. The van der Waals surface area contributed by atoms with Crippen LogP contribution in [0.1, 0.15) is 0 Å². The second-order valence-electron chi connectivity index (χ2n) is 2.46. The van der Waals surface area contributed by atoms with Crippen molar-refractivity contribution >= 4 is 62.3 Å². The normalized spacial score (nSPS) is 10.8. The Kier molecular flexibility index (Phi) is 2.22. The van der Waals surface area contributed by atoms with Gasteiger partial charge in [-0.3, -0.25) is 0 Å². The molecule has 0 spiro atoms. The van der Waals surface area contributed by atoms with Crippen LogP contribution in [0.4, 0.5) is 5.69 Å². The summed E-state index contributed by atoms with van der Waals surface area (Å²) >= 11 is 8.25. The SMILES string of the molecule is Nc1c(S)ccc2c(I)csc12. The van der Waals surface area contributed by atoms with Crippen LogP contribution in [-0.2, 0) is 0 Å². The number of halogens is 1. The van der Waals surface area contributed by atoms with Gasteiger partial charge in [0, 0.05) is 19.2 Å². The Labute approximate surface area is 93.5 Å². The van der Waals surface area contributed by atoms with Crippen LogP contribution in [0.15, 0.2) is 22.4 Å². The summed E-state index contributed by atoms with van der Waals surface area (Å²) in [5.74, 6) is 0. The number of benzene rings is 1. The summed E-state index contributed by atoms with van der Waals surface area (Å²) in [6.45, 7) is 0. The lowest BCUT2D eigenvalue weighted by Crippen LogP contribution is -1.86. The highest BCUT2D eigenvalue weighted by Crippen LogP contribution is 2.34. The lowest BCUT2D eigenvalue weighted by Gasteiger charge is -1.99. The highest BCUT2D eigenvalue weighted by atomic mass is 127. The zero-order valence-electron chi connectivity index (χ0n) is 6.04. The van der Waals surface area contributed by atoms with E-state index >= 15 is 0 Å². The van der Waals surface area contributed by atoms with Crippen molar-refractivity contribution in [2.75, 3.05) is 5.73 Å². The molecule has 0 unspecified atom stereocenters. The van der Waals surface area contributed by atoms with Crippen LogP contribution in [-0.4, -0.2) is 0 Å². The van der Waals surface area contributed by atoms with Crippen molar-refractivity contribution < 1.29 is 0 Å². The average Bonchev–Trinajstić information content (AvgIpc) is 2.41. The average molecular weight is 307 g/mol. The van der Waals surface area contributed by atoms with Gasteiger partial charge in [0.2, 0.25) is 0 Å². The maximum atomic E-state index is 5.86. The van der Waals surface area contributed by atoms with Gasteiger partial charge in [-0.05, 0) is 28.7 Å². The number of nitrogen functional groups attached to an aromatic ring is 1. The van der Waals surface area contributed by atoms with Crippen LogP contribution in [0.3, 0.4) is 0 Å². The van der Waals surface area contributed by atoms with E-state index in [9.17, 15) is 0 Å². The molecule has 0 aliphatic heterocycles. The predicted octanol–water partition coefficient (Wildman–Crippen LogP) is 3.38. The zero-order chi connectivity index (χ0) is 8.72. The minimum absolute atomic E-state index is 0.795. The Morgan fingerprint density at radius 1 is 1.42 bits per heavy atom. The van der Waals surface area contributed by atoms with Crippen molar-refractivity contribution in [2.45, 2.75) is 4.90 Å². The quantitative estimate of drug-likeness (QED) is 0.435. The summed E-state index contributed by atoms with van der Waals surface area (Å²) in [5, 5.41) is 3.34. The van der Waals surface area contributed by atoms with Gasteiger partial charge in [0.05, 0.1) is 10.4 Å². The monoisotopic (exact) mass is 307 g/mol. The summed E-state index contributed by atoms with van der Waals surface area (Å²) in [6, 6.07) is 4.00. The molecule has 0 aliphatic carbocycles. The van der Waals surface area contributed by atoms with Crippen molar-refractivity contribution in [3.8, 4) is 0 Å². The molecule has 4 heteroatoms. The first-order chi connectivity index (χ1) is 5.70. The van der Waals surface area contributed by atoms with E-state index < -0.39 is 0 Å². The summed E-state index contributed by atoms with van der Waals surface area (Å²) in [5.41, 5.74) is 6.66. The molecule has 1 nitrogen and oxygen atoms in total. The molecular weight excluding hydrogens is 301 g/mol. The third kappa shape index (κ3) is 1.22. The third-order valence-electron chi connectivity index (χ3n) is 1.71. The molecule has 2 aromatic rings. The molecule has 0 saturated carbocycles. The van der Waals surface area contributed by atoms with Crippen molar-refractivity contribution in [3.63, 3.8) is 0 Å². The Bertz CT molecular complexity index is 436. The summed E-state index contributed by atoms with van der Waals surface area (Å²) < 4.78 is 2.40. The number of thiol groups is 1. The highest BCUT2D eigenvalue weighted by molar-refractivity contribution is 14.1. The van der Waals surface area contributed by atoms with Gasteiger partial charge in [0.25, 0.3) is 0 Å². The number of rotatable bonds is 0. The minimum atomic E-state index is 0.795. The number of fused-ring (bicyclic) bond motifs is 1. The van der Waals surface area contributed by atoms with Gasteiger partial charge in [-0.15, -0.1) is 24.0 Å². The van der Waals surface area contributed by atoms with E-state index in [0.717, 1.165) is 15.3 Å². The Balaban J connectivity index is 2.93. The van der Waals surface area contributed by atoms with Gasteiger partial charge in [0.1, 0.15) is 0 Å². The van der Waals surface area contributed by atoms with Gasteiger partial charge < -0.3 is 5.73 Å². The number of nitrogens with two attached hydrogens (primary N) is 1. The third-order valence-corrected chi connectivity index (χ3v) is 4.44. The van der Waals surface area contributed by atoms with E-state index in [2.05, 4.69) is 46.7 Å². The Morgan fingerprint density at radius 2 is 2.17 bits per heavy atom.